The number of sulfonamides is 1. The molecule has 1 aliphatic rings. The summed E-state index contributed by atoms with van der Waals surface area (Å²) in [5.74, 6) is 0.702. The molecule has 0 N–H and O–H groups in total. The summed E-state index contributed by atoms with van der Waals surface area (Å²) >= 11 is 1.24. The summed E-state index contributed by atoms with van der Waals surface area (Å²) in [5, 5.41) is 2.79. The minimum atomic E-state index is -3.41. The lowest BCUT2D eigenvalue weighted by Crippen LogP contribution is -2.30. The lowest BCUT2D eigenvalue weighted by atomic mass is 10.2. The van der Waals surface area contributed by atoms with Gasteiger partial charge in [-0.3, -0.25) is 4.98 Å². The van der Waals surface area contributed by atoms with Crippen molar-refractivity contribution in [1.82, 2.24) is 9.29 Å². The summed E-state index contributed by atoms with van der Waals surface area (Å²) in [7, 11) is -3.41. The number of ether oxygens (including phenoxy) is 1. The molecule has 1 atom stereocenters. The Morgan fingerprint density at radius 1 is 1.17 bits per heavy atom. The Balaban J connectivity index is 1.53. The molecule has 0 saturated carbocycles. The minimum Gasteiger partial charge on any atom is -0.487 e. The van der Waals surface area contributed by atoms with Gasteiger partial charge in [0.1, 0.15) is 21.6 Å². The highest BCUT2D eigenvalue weighted by molar-refractivity contribution is 7.91. The van der Waals surface area contributed by atoms with E-state index in [1.807, 2.05) is 30.3 Å². The number of rotatable bonds is 4. The van der Waals surface area contributed by atoms with Crippen LogP contribution >= 0.6 is 11.3 Å². The van der Waals surface area contributed by atoms with E-state index in [0.717, 1.165) is 10.9 Å². The topological polar surface area (TPSA) is 59.5 Å². The highest BCUT2D eigenvalue weighted by atomic mass is 32.2. The van der Waals surface area contributed by atoms with Gasteiger partial charge in [-0.2, -0.15) is 4.31 Å². The zero-order valence-electron chi connectivity index (χ0n) is 12.8. The average molecular weight is 360 g/mol. The van der Waals surface area contributed by atoms with Crippen molar-refractivity contribution >= 4 is 32.3 Å². The van der Waals surface area contributed by atoms with E-state index in [2.05, 4.69) is 4.98 Å². The molecule has 124 valence electrons. The Morgan fingerprint density at radius 3 is 2.88 bits per heavy atom. The SMILES string of the molecule is O=S(=O)(c1cccs1)N1CCC(Oc2cccc3cccnc23)C1. The molecule has 4 rings (SSSR count). The molecule has 0 amide bonds. The first-order valence-corrected chi connectivity index (χ1v) is 10.0. The third-order valence-electron chi connectivity index (χ3n) is 4.09. The number of para-hydroxylation sites is 1. The monoisotopic (exact) mass is 360 g/mol. The van der Waals surface area contributed by atoms with Crippen molar-refractivity contribution in [3.63, 3.8) is 0 Å². The van der Waals surface area contributed by atoms with Gasteiger partial charge in [-0.25, -0.2) is 8.42 Å². The Morgan fingerprint density at radius 2 is 2.04 bits per heavy atom. The first kappa shape index (κ1) is 15.6. The van der Waals surface area contributed by atoms with Crippen molar-refractivity contribution in [3.05, 3.63) is 54.0 Å². The van der Waals surface area contributed by atoms with Gasteiger partial charge >= 0.3 is 0 Å². The summed E-state index contributed by atoms with van der Waals surface area (Å²) in [4.78, 5) is 4.38. The molecule has 0 bridgehead atoms. The van der Waals surface area contributed by atoms with E-state index >= 15 is 0 Å². The van der Waals surface area contributed by atoms with Crippen molar-refractivity contribution < 1.29 is 13.2 Å². The zero-order chi connectivity index (χ0) is 16.6. The molecular weight excluding hydrogens is 344 g/mol. The molecule has 7 heteroatoms. The first-order chi connectivity index (χ1) is 11.6. The van der Waals surface area contributed by atoms with E-state index in [4.69, 9.17) is 4.74 Å². The number of pyridine rings is 1. The molecule has 2 aromatic heterocycles. The van der Waals surface area contributed by atoms with E-state index in [9.17, 15) is 8.42 Å². The average Bonchev–Trinajstić information content (AvgIpc) is 3.28. The van der Waals surface area contributed by atoms with Gasteiger partial charge in [-0.05, 0) is 30.0 Å². The van der Waals surface area contributed by atoms with E-state index in [1.54, 1.807) is 23.7 Å². The number of fused-ring (bicyclic) bond motifs is 1. The fourth-order valence-corrected chi connectivity index (χ4v) is 5.53. The van der Waals surface area contributed by atoms with E-state index in [-0.39, 0.29) is 6.10 Å². The Kier molecular flexibility index (Phi) is 3.99. The van der Waals surface area contributed by atoms with Crippen molar-refractivity contribution in [2.75, 3.05) is 13.1 Å². The van der Waals surface area contributed by atoms with Crippen LogP contribution < -0.4 is 4.74 Å². The molecule has 0 radical (unpaired) electrons. The van der Waals surface area contributed by atoms with Crippen LogP contribution in [0.3, 0.4) is 0 Å². The zero-order valence-corrected chi connectivity index (χ0v) is 14.5. The summed E-state index contributed by atoms with van der Waals surface area (Å²) in [6.45, 7) is 0.840. The van der Waals surface area contributed by atoms with Crippen LogP contribution in [-0.4, -0.2) is 36.9 Å². The van der Waals surface area contributed by atoms with Crippen LogP contribution in [0.1, 0.15) is 6.42 Å². The maximum atomic E-state index is 12.6. The van der Waals surface area contributed by atoms with Gasteiger partial charge < -0.3 is 4.74 Å². The summed E-state index contributed by atoms with van der Waals surface area (Å²) in [6.07, 6.45) is 2.25. The Hall–Kier alpha value is -1.96. The van der Waals surface area contributed by atoms with Crippen LogP contribution in [0.5, 0.6) is 5.75 Å². The Bertz CT molecular complexity index is 950. The number of thiophene rings is 1. The second-order valence-electron chi connectivity index (χ2n) is 5.65. The molecule has 1 fully saturated rings. The van der Waals surface area contributed by atoms with Gasteiger partial charge in [0.05, 0.1) is 6.54 Å². The predicted molar refractivity (Wildman–Crippen MR) is 93.9 cm³/mol. The minimum absolute atomic E-state index is 0.160. The highest BCUT2D eigenvalue weighted by Crippen LogP contribution is 2.29. The van der Waals surface area contributed by atoms with Gasteiger partial charge in [0.25, 0.3) is 10.0 Å². The third kappa shape index (κ3) is 2.79. The van der Waals surface area contributed by atoms with E-state index in [1.165, 1.54) is 15.6 Å². The quantitative estimate of drug-likeness (QED) is 0.717. The molecule has 24 heavy (non-hydrogen) atoms. The van der Waals surface area contributed by atoms with Gasteiger partial charge in [0.15, 0.2) is 0 Å². The highest BCUT2D eigenvalue weighted by Gasteiger charge is 2.34. The molecular formula is C17H16N2O3S2. The second kappa shape index (κ2) is 6.16. The lowest BCUT2D eigenvalue weighted by Gasteiger charge is -2.17. The summed E-state index contributed by atoms with van der Waals surface area (Å²) in [5.41, 5.74) is 0.805. The van der Waals surface area contributed by atoms with Crippen molar-refractivity contribution in [2.24, 2.45) is 0 Å². The first-order valence-electron chi connectivity index (χ1n) is 7.69. The normalized spacial score (nSPS) is 18.9. The molecule has 3 aromatic rings. The number of nitrogens with zero attached hydrogens (tertiary/aromatic N) is 2. The van der Waals surface area contributed by atoms with Gasteiger partial charge in [-0.15, -0.1) is 11.3 Å². The summed E-state index contributed by atoms with van der Waals surface area (Å²) < 4.78 is 33.1. The maximum absolute atomic E-state index is 12.6. The molecule has 1 unspecified atom stereocenters. The number of aromatic nitrogens is 1. The Labute approximate surface area is 144 Å². The molecule has 0 aliphatic carbocycles. The van der Waals surface area contributed by atoms with E-state index in [0.29, 0.717) is 29.5 Å². The maximum Gasteiger partial charge on any atom is 0.252 e. The van der Waals surface area contributed by atoms with Gasteiger partial charge in [0.2, 0.25) is 0 Å². The van der Waals surface area contributed by atoms with Crippen molar-refractivity contribution in [3.8, 4) is 5.75 Å². The molecule has 1 saturated heterocycles. The molecule has 0 spiro atoms. The molecule has 3 heterocycles. The van der Waals surface area contributed by atoms with Crippen LogP contribution in [0.4, 0.5) is 0 Å². The lowest BCUT2D eigenvalue weighted by molar-refractivity contribution is 0.218. The van der Waals surface area contributed by atoms with Crippen LogP contribution in [-0.2, 0) is 10.0 Å². The van der Waals surface area contributed by atoms with Crippen molar-refractivity contribution in [1.29, 1.82) is 0 Å². The number of benzene rings is 1. The van der Waals surface area contributed by atoms with E-state index < -0.39 is 10.0 Å². The smallest absolute Gasteiger partial charge is 0.252 e. The molecule has 1 aliphatic heterocycles. The number of hydrogen-bond donors (Lipinski definition) is 0. The van der Waals surface area contributed by atoms with Crippen LogP contribution in [0.2, 0.25) is 0 Å². The number of hydrogen-bond acceptors (Lipinski definition) is 5. The third-order valence-corrected chi connectivity index (χ3v) is 7.32. The van der Waals surface area contributed by atoms with Crippen molar-refractivity contribution in [2.45, 2.75) is 16.7 Å². The predicted octanol–water partition coefficient (Wildman–Crippen LogP) is 3.14. The van der Waals surface area contributed by atoms with Crippen LogP contribution in [0, 0.1) is 0 Å². The molecule has 5 nitrogen and oxygen atoms in total. The van der Waals surface area contributed by atoms with Crippen LogP contribution in [0.15, 0.2) is 58.3 Å². The summed E-state index contributed by atoms with van der Waals surface area (Å²) in [6, 6.07) is 13.1. The molecule has 1 aromatic carbocycles. The largest absolute Gasteiger partial charge is 0.487 e. The fraction of sp³-hybridized carbons (Fsp3) is 0.235. The van der Waals surface area contributed by atoms with Crippen LogP contribution in [0.25, 0.3) is 10.9 Å². The van der Waals surface area contributed by atoms with Gasteiger partial charge in [0, 0.05) is 18.1 Å². The fourth-order valence-electron chi connectivity index (χ4n) is 2.90. The van der Waals surface area contributed by atoms with Gasteiger partial charge in [-0.1, -0.05) is 24.3 Å². The second-order valence-corrected chi connectivity index (χ2v) is 8.77. The standard InChI is InChI=1S/C17H16N2O3S2/c20-24(21,16-7-3-11-23-16)19-10-8-14(12-19)22-15-6-1-4-13-5-2-9-18-17(13)15/h1-7,9,11,14H,8,10,12H2.